The van der Waals surface area contributed by atoms with Crippen molar-refractivity contribution in [3.8, 4) is 0 Å². The predicted molar refractivity (Wildman–Crippen MR) is 42.1 cm³/mol. The number of hydrogen-bond acceptors (Lipinski definition) is 2. The third-order valence-corrected chi connectivity index (χ3v) is 3.66. The molecule has 0 aromatic rings. The van der Waals surface area contributed by atoms with Gasteiger partial charge in [0.25, 0.3) is 0 Å². The number of hydrogen-bond donors (Lipinski definition) is 0. The van der Waals surface area contributed by atoms with Crippen molar-refractivity contribution >= 4 is 0 Å². The molecule has 2 nitrogen and oxygen atoms in total. The molecule has 0 amide bonds. The summed E-state index contributed by atoms with van der Waals surface area (Å²) in [5.74, 6) is 0. The predicted octanol–water partition coefficient (Wildman–Crippen LogP) is -1.88. The minimum absolute atomic E-state index is 0.00304. The Morgan fingerprint density at radius 1 is 1.64 bits per heavy atom. The third-order valence-electron chi connectivity index (χ3n) is 2.35. The van der Waals surface area contributed by atoms with Crippen molar-refractivity contribution in [2.45, 2.75) is 31.9 Å². The zero-order valence-electron chi connectivity index (χ0n) is 7.51. The van der Waals surface area contributed by atoms with Gasteiger partial charge in [-0.15, -0.1) is 0 Å². The SMILES string of the molecule is C[I-]O[C@@H](C)[C@@H]1CCCN1C. The summed E-state index contributed by atoms with van der Waals surface area (Å²) in [7, 11) is 2.20. The Balaban J connectivity index is 2.33. The maximum absolute atomic E-state index is 5.66. The molecule has 0 bridgehead atoms. The minimum atomic E-state index is 0.00304. The van der Waals surface area contributed by atoms with Crippen molar-refractivity contribution in [2.75, 3.05) is 18.5 Å². The normalized spacial score (nSPS) is 29.5. The van der Waals surface area contributed by atoms with E-state index in [1.807, 2.05) is 0 Å². The van der Waals surface area contributed by atoms with E-state index in [0.717, 1.165) is 0 Å². The number of alkyl halides is 1. The van der Waals surface area contributed by atoms with Gasteiger partial charge in [-0.25, -0.2) is 0 Å². The fourth-order valence-electron chi connectivity index (χ4n) is 1.73. The van der Waals surface area contributed by atoms with Crippen LogP contribution in [-0.4, -0.2) is 35.6 Å². The fraction of sp³-hybridized carbons (Fsp3) is 1.00. The van der Waals surface area contributed by atoms with Gasteiger partial charge < -0.3 is 0 Å². The van der Waals surface area contributed by atoms with Crippen LogP contribution in [0.1, 0.15) is 19.8 Å². The fourth-order valence-corrected chi connectivity index (χ4v) is 2.87. The van der Waals surface area contributed by atoms with Crippen molar-refractivity contribution in [1.82, 2.24) is 4.90 Å². The molecule has 1 aliphatic heterocycles. The number of likely N-dealkylation sites (N-methyl/N-ethyl adjacent to an activating group) is 1. The van der Waals surface area contributed by atoms with Gasteiger partial charge in [0.1, 0.15) is 0 Å². The molecule has 0 aromatic carbocycles. The van der Waals surface area contributed by atoms with Crippen LogP contribution >= 0.6 is 0 Å². The molecule has 0 saturated carbocycles. The quantitative estimate of drug-likeness (QED) is 0.440. The van der Waals surface area contributed by atoms with Crippen molar-refractivity contribution in [2.24, 2.45) is 0 Å². The van der Waals surface area contributed by atoms with Gasteiger partial charge in [0.15, 0.2) is 0 Å². The summed E-state index contributed by atoms with van der Waals surface area (Å²) in [4.78, 5) is 4.59. The van der Waals surface area contributed by atoms with Crippen LogP contribution in [0.25, 0.3) is 0 Å². The average molecular weight is 270 g/mol. The Morgan fingerprint density at radius 3 is 2.82 bits per heavy atom. The van der Waals surface area contributed by atoms with E-state index in [9.17, 15) is 0 Å². The second kappa shape index (κ2) is 4.62. The van der Waals surface area contributed by atoms with Crippen LogP contribution in [-0.2, 0) is 3.07 Å². The second-order valence-electron chi connectivity index (χ2n) is 3.14. The summed E-state index contributed by atoms with van der Waals surface area (Å²) < 4.78 is 5.66. The summed E-state index contributed by atoms with van der Waals surface area (Å²) >= 11 is 0.00304. The van der Waals surface area contributed by atoms with Crippen molar-refractivity contribution in [1.29, 1.82) is 0 Å². The van der Waals surface area contributed by atoms with Crippen molar-refractivity contribution in [3.63, 3.8) is 0 Å². The first-order chi connectivity index (χ1) is 5.25. The number of nitrogens with zero attached hydrogens (tertiary/aromatic N) is 1. The molecule has 3 heteroatoms. The molecule has 1 saturated heterocycles. The Hall–Kier alpha value is 0.650. The van der Waals surface area contributed by atoms with Crippen LogP contribution in [0.15, 0.2) is 0 Å². The Labute approximate surface area is 80.1 Å². The molecule has 11 heavy (non-hydrogen) atoms. The molecule has 1 fully saturated rings. The van der Waals surface area contributed by atoms with Crippen LogP contribution < -0.4 is 21.6 Å². The van der Waals surface area contributed by atoms with Gasteiger partial charge in [-0.05, 0) is 0 Å². The van der Waals surface area contributed by atoms with Gasteiger partial charge >= 0.3 is 80.0 Å². The molecule has 0 aliphatic carbocycles. The summed E-state index contributed by atoms with van der Waals surface area (Å²) in [6.07, 6.45) is 3.12. The van der Waals surface area contributed by atoms with Gasteiger partial charge in [-0.1, -0.05) is 0 Å². The molecule has 0 unspecified atom stereocenters. The van der Waals surface area contributed by atoms with Gasteiger partial charge in [0.05, 0.1) is 0 Å². The van der Waals surface area contributed by atoms with Crippen LogP contribution in [0.2, 0.25) is 0 Å². The molecule has 0 radical (unpaired) electrons. The van der Waals surface area contributed by atoms with E-state index in [1.54, 1.807) is 0 Å². The molecule has 1 aliphatic rings. The molecule has 0 N–H and O–H groups in total. The van der Waals surface area contributed by atoms with Gasteiger partial charge in [0, 0.05) is 0 Å². The summed E-state index contributed by atoms with van der Waals surface area (Å²) in [6, 6.07) is 0.689. The molecule has 0 spiro atoms. The molecular formula is C8H17INO-. The van der Waals surface area contributed by atoms with Crippen molar-refractivity contribution in [3.05, 3.63) is 0 Å². The first-order valence-corrected chi connectivity index (χ1v) is 7.15. The summed E-state index contributed by atoms with van der Waals surface area (Å²) in [5.41, 5.74) is 0. The van der Waals surface area contributed by atoms with Gasteiger partial charge in [-0.2, -0.15) is 0 Å². The Morgan fingerprint density at radius 2 is 2.36 bits per heavy atom. The van der Waals surface area contributed by atoms with Crippen molar-refractivity contribution < 1.29 is 24.7 Å². The van der Waals surface area contributed by atoms with E-state index >= 15 is 0 Å². The van der Waals surface area contributed by atoms with E-state index in [0.29, 0.717) is 12.1 Å². The standard InChI is InChI=1S/C8H17INO/c1-7(11-9-2)8-5-4-6-10(8)3/h7-8H,4-6H2,1-3H3/q-1/t7-,8-/m0/s1. The van der Waals surface area contributed by atoms with Gasteiger partial charge in [-0.3, -0.25) is 0 Å². The summed E-state index contributed by atoms with van der Waals surface area (Å²) in [6.45, 7) is 3.45. The van der Waals surface area contributed by atoms with E-state index in [-0.39, 0.29) is 21.6 Å². The first kappa shape index (κ1) is 9.74. The Bertz CT molecular complexity index is 121. The number of likely N-dealkylation sites (tertiary alicyclic amines) is 1. The Kier molecular flexibility index (Phi) is 4.09. The second-order valence-corrected chi connectivity index (χ2v) is 4.53. The van der Waals surface area contributed by atoms with Crippen LogP contribution in [0.3, 0.4) is 0 Å². The van der Waals surface area contributed by atoms with Gasteiger partial charge in [0.2, 0.25) is 0 Å². The first-order valence-electron chi connectivity index (χ1n) is 4.11. The zero-order chi connectivity index (χ0) is 8.27. The molecule has 2 atom stereocenters. The van der Waals surface area contributed by atoms with E-state index in [1.165, 1.54) is 19.4 Å². The van der Waals surface area contributed by atoms with E-state index in [4.69, 9.17) is 3.07 Å². The maximum atomic E-state index is 5.66. The summed E-state index contributed by atoms with van der Waals surface area (Å²) in [5, 5.41) is 0. The molecule has 0 aromatic heterocycles. The topological polar surface area (TPSA) is 12.5 Å². The third kappa shape index (κ3) is 2.56. The van der Waals surface area contributed by atoms with Crippen LogP contribution in [0.5, 0.6) is 0 Å². The molecule has 1 heterocycles. The number of halogens is 1. The van der Waals surface area contributed by atoms with Crippen LogP contribution in [0.4, 0.5) is 0 Å². The van der Waals surface area contributed by atoms with E-state index < -0.39 is 0 Å². The number of rotatable bonds is 3. The monoisotopic (exact) mass is 270 g/mol. The molecule has 68 valence electrons. The average Bonchev–Trinajstić information content (AvgIpc) is 2.36. The molecular weight excluding hydrogens is 253 g/mol. The van der Waals surface area contributed by atoms with E-state index in [2.05, 4.69) is 23.8 Å². The molecule has 1 rings (SSSR count). The van der Waals surface area contributed by atoms with Crippen LogP contribution in [0, 0.1) is 0 Å². The zero-order valence-corrected chi connectivity index (χ0v) is 9.67.